The number of hydrogen-bond donors (Lipinski definition) is 2. The van der Waals surface area contributed by atoms with E-state index in [-0.39, 0.29) is 5.92 Å². The van der Waals surface area contributed by atoms with Gasteiger partial charge in [0.1, 0.15) is 34.2 Å². The Morgan fingerprint density at radius 2 is 1.21 bits per heavy atom. The molecule has 0 spiro atoms. The lowest BCUT2D eigenvalue weighted by Crippen LogP contribution is -2.38. The summed E-state index contributed by atoms with van der Waals surface area (Å²) in [6.07, 6.45) is 18.5. The number of allylic oxidation sites excluding steroid dienone is 10. The molecule has 2 heterocycles. The summed E-state index contributed by atoms with van der Waals surface area (Å²) in [6, 6.07) is 30.8. The van der Waals surface area contributed by atoms with Crippen LogP contribution in [0.2, 0.25) is 0 Å². The van der Waals surface area contributed by atoms with Gasteiger partial charge < -0.3 is 19.7 Å². The van der Waals surface area contributed by atoms with Gasteiger partial charge >= 0.3 is 0 Å². The number of fused-ring (bicyclic) bond motifs is 4. The average Bonchev–Trinajstić information content (AvgIpc) is 3.31. The van der Waals surface area contributed by atoms with Gasteiger partial charge in [0.2, 0.25) is 0 Å². The first kappa shape index (κ1) is 29.3. The highest BCUT2D eigenvalue weighted by atomic mass is 16.5. The molecule has 0 saturated heterocycles. The van der Waals surface area contributed by atoms with E-state index in [1.165, 1.54) is 0 Å². The molecule has 0 radical (unpaired) electrons. The Kier molecular flexibility index (Phi) is 6.83. The summed E-state index contributed by atoms with van der Waals surface area (Å²) >= 11 is 0. The minimum Gasteiger partial charge on any atom is -0.457 e. The summed E-state index contributed by atoms with van der Waals surface area (Å²) in [7, 11) is 0. The molecule has 4 aromatic carbocycles. The maximum absolute atomic E-state index is 12.6. The van der Waals surface area contributed by atoms with Crippen LogP contribution >= 0.6 is 0 Å². The van der Waals surface area contributed by atoms with E-state index in [1.54, 1.807) is 0 Å². The average molecular weight is 617 g/mol. The molecular formula is C43H36O4. The van der Waals surface area contributed by atoms with Gasteiger partial charge in [-0.15, -0.1) is 0 Å². The Hall–Kier alpha value is -5.16. The molecule has 4 nitrogen and oxygen atoms in total. The van der Waals surface area contributed by atoms with E-state index in [0.717, 1.165) is 28.7 Å². The van der Waals surface area contributed by atoms with E-state index in [2.05, 4.69) is 62.1 Å². The van der Waals surface area contributed by atoms with Crippen molar-refractivity contribution in [3.05, 3.63) is 191 Å². The summed E-state index contributed by atoms with van der Waals surface area (Å²) in [5.41, 5.74) is 2.57. The van der Waals surface area contributed by atoms with Crippen LogP contribution in [-0.4, -0.2) is 10.2 Å². The van der Waals surface area contributed by atoms with Crippen LogP contribution in [0.1, 0.15) is 42.0 Å². The summed E-state index contributed by atoms with van der Waals surface area (Å²) in [4.78, 5) is 0. The Balaban J connectivity index is 1.04. The van der Waals surface area contributed by atoms with Gasteiger partial charge in [-0.25, -0.2) is 0 Å². The van der Waals surface area contributed by atoms with E-state index >= 15 is 0 Å². The molecule has 2 atom stereocenters. The Labute approximate surface area is 275 Å². The standard InChI is InChI=1S/C43H36O4/c1-29(43(45)35-15-5-9-19-39(35)47-40-20-10-6-16-36(40)43)41(2)26-11-12-31(25-27-41)32-23-21-30(22-24-32)28-42(44)33-13-3-7-17-37(33)46-38-18-8-4-14-34(38)42/h3-21,23-27,30,44-45H,1,22,28H2,2H3. The fourth-order valence-corrected chi connectivity index (χ4v) is 7.49. The first-order valence-electron chi connectivity index (χ1n) is 16.2. The van der Waals surface area contributed by atoms with Gasteiger partial charge in [0, 0.05) is 27.7 Å². The van der Waals surface area contributed by atoms with E-state index < -0.39 is 16.6 Å². The highest BCUT2D eigenvalue weighted by Gasteiger charge is 2.47. The van der Waals surface area contributed by atoms with Crippen LogP contribution in [0.25, 0.3) is 0 Å². The number of para-hydroxylation sites is 4. The van der Waals surface area contributed by atoms with Gasteiger partial charge in [0.15, 0.2) is 0 Å². The number of aliphatic hydroxyl groups is 2. The van der Waals surface area contributed by atoms with Crippen molar-refractivity contribution >= 4 is 0 Å². The van der Waals surface area contributed by atoms with Crippen molar-refractivity contribution in [3.63, 3.8) is 0 Å². The van der Waals surface area contributed by atoms with Crippen molar-refractivity contribution in [1.82, 2.24) is 0 Å². The maximum atomic E-state index is 12.6. The van der Waals surface area contributed by atoms with Gasteiger partial charge in [-0.1, -0.05) is 128 Å². The third-order valence-corrected chi connectivity index (χ3v) is 10.2. The quantitative estimate of drug-likeness (QED) is 0.219. The lowest BCUT2D eigenvalue weighted by molar-refractivity contribution is 0.0489. The third kappa shape index (κ3) is 4.67. The fraction of sp³-hybridized carbons (Fsp3) is 0.163. The van der Waals surface area contributed by atoms with E-state index in [9.17, 15) is 10.2 Å². The van der Waals surface area contributed by atoms with Crippen molar-refractivity contribution in [2.45, 2.75) is 31.0 Å². The number of rotatable bonds is 5. The third-order valence-electron chi connectivity index (χ3n) is 10.2. The summed E-state index contributed by atoms with van der Waals surface area (Å²) in [6.45, 7) is 6.62. The highest BCUT2D eigenvalue weighted by Crippen LogP contribution is 2.55. The Morgan fingerprint density at radius 3 is 1.74 bits per heavy atom. The predicted molar refractivity (Wildman–Crippen MR) is 185 cm³/mol. The molecule has 4 heteroatoms. The summed E-state index contributed by atoms with van der Waals surface area (Å²) in [5, 5.41) is 24.8. The molecule has 0 fully saturated rings. The summed E-state index contributed by atoms with van der Waals surface area (Å²) in [5.74, 6) is 2.80. The van der Waals surface area contributed by atoms with Gasteiger partial charge in [0.05, 0.1) is 0 Å². The number of hydrogen-bond acceptors (Lipinski definition) is 4. The van der Waals surface area contributed by atoms with Crippen LogP contribution in [-0.2, 0) is 11.2 Å². The molecule has 8 rings (SSSR count). The molecule has 0 aromatic heterocycles. The van der Waals surface area contributed by atoms with Crippen molar-refractivity contribution in [3.8, 4) is 23.0 Å². The van der Waals surface area contributed by atoms with Crippen LogP contribution < -0.4 is 9.47 Å². The molecule has 4 aromatic rings. The fourth-order valence-electron chi connectivity index (χ4n) is 7.49. The van der Waals surface area contributed by atoms with Crippen molar-refractivity contribution in [2.75, 3.05) is 0 Å². The molecule has 2 aliphatic heterocycles. The van der Waals surface area contributed by atoms with Crippen LogP contribution in [0.3, 0.4) is 0 Å². The van der Waals surface area contributed by atoms with Gasteiger partial charge in [-0.05, 0) is 66.7 Å². The zero-order chi connectivity index (χ0) is 32.2. The van der Waals surface area contributed by atoms with E-state index in [1.807, 2.05) is 97.1 Å². The Morgan fingerprint density at radius 1 is 0.702 bits per heavy atom. The molecule has 47 heavy (non-hydrogen) atoms. The second kappa shape index (κ2) is 11.0. The van der Waals surface area contributed by atoms with Gasteiger partial charge in [-0.3, -0.25) is 0 Å². The topological polar surface area (TPSA) is 58.9 Å². The molecule has 2 aliphatic carbocycles. The van der Waals surface area contributed by atoms with Gasteiger partial charge in [-0.2, -0.15) is 0 Å². The monoisotopic (exact) mass is 616 g/mol. The SMILES string of the molecule is C=C(C1(C)C=CC=C(C2=CCC(CC3(O)c4ccccc4Oc4ccccc43)C=C2)C=C1)C1(O)c2ccccc2Oc2ccccc21. The maximum Gasteiger partial charge on any atom is 0.144 e. The molecule has 0 amide bonds. The molecular weight excluding hydrogens is 580 g/mol. The lowest BCUT2D eigenvalue weighted by atomic mass is 9.67. The first-order chi connectivity index (χ1) is 22.8. The lowest BCUT2D eigenvalue weighted by Gasteiger charge is -2.42. The van der Waals surface area contributed by atoms with Crippen LogP contribution in [0.4, 0.5) is 0 Å². The zero-order valence-corrected chi connectivity index (χ0v) is 26.3. The largest absolute Gasteiger partial charge is 0.457 e. The zero-order valence-electron chi connectivity index (χ0n) is 26.3. The summed E-state index contributed by atoms with van der Waals surface area (Å²) < 4.78 is 12.3. The van der Waals surface area contributed by atoms with E-state index in [0.29, 0.717) is 46.1 Å². The van der Waals surface area contributed by atoms with Crippen molar-refractivity contribution < 1.29 is 19.7 Å². The second-order valence-corrected chi connectivity index (χ2v) is 13.1. The molecule has 2 N–H and O–H groups in total. The van der Waals surface area contributed by atoms with Crippen molar-refractivity contribution in [2.24, 2.45) is 11.3 Å². The highest BCUT2D eigenvalue weighted by molar-refractivity contribution is 5.63. The molecule has 0 saturated carbocycles. The minimum atomic E-state index is -1.45. The normalized spacial score (nSPS) is 22.6. The van der Waals surface area contributed by atoms with E-state index in [4.69, 9.17) is 9.47 Å². The minimum absolute atomic E-state index is 0.141. The number of benzene rings is 4. The smallest absolute Gasteiger partial charge is 0.144 e. The van der Waals surface area contributed by atoms with Crippen LogP contribution in [0.15, 0.2) is 169 Å². The molecule has 2 unspecified atom stereocenters. The first-order valence-corrected chi connectivity index (χ1v) is 16.2. The molecule has 4 aliphatic rings. The van der Waals surface area contributed by atoms with Gasteiger partial charge in [0.25, 0.3) is 0 Å². The van der Waals surface area contributed by atoms with Crippen LogP contribution in [0, 0.1) is 11.3 Å². The predicted octanol–water partition coefficient (Wildman–Crippen LogP) is 9.58. The van der Waals surface area contributed by atoms with Crippen LogP contribution in [0.5, 0.6) is 23.0 Å². The second-order valence-electron chi connectivity index (χ2n) is 13.1. The van der Waals surface area contributed by atoms with Crippen molar-refractivity contribution in [1.29, 1.82) is 0 Å². The Bertz CT molecular complexity index is 1980. The molecule has 232 valence electrons. The molecule has 0 bridgehead atoms. The number of ether oxygens (including phenoxy) is 2.